The first-order valence-electron chi connectivity index (χ1n) is 6.52. The van der Waals surface area contributed by atoms with Gasteiger partial charge >= 0.3 is 6.09 Å². The third kappa shape index (κ3) is 5.30. The van der Waals surface area contributed by atoms with Crippen LogP contribution in [0.2, 0.25) is 0 Å². The number of ether oxygens (including phenoxy) is 1. The molecule has 0 aromatic heterocycles. The zero-order valence-corrected chi connectivity index (χ0v) is 12.5. The number of carbonyl (C=O) groups excluding carboxylic acids is 2. The fourth-order valence-corrected chi connectivity index (χ4v) is 1.41. The normalized spacial score (nSPS) is 10.8. The molecular formula is C15H22N2O3. The summed E-state index contributed by atoms with van der Waals surface area (Å²) in [6.07, 6.45) is -0.593. The van der Waals surface area contributed by atoms with Gasteiger partial charge in [-0.2, -0.15) is 0 Å². The number of likely N-dealkylation sites (N-methyl/N-ethyl adjacent to an activating group) is 1. The minimum atomic E-state index is -0.593. The van der Waals surface area contributed by atoms with E-state index < -0.39 is 6.09 Å². The maximum Gasteiger partial charge on any atom is 0.407 e. The number of amides is 2. The maximum atomic E-state index is 11.8. The fraction of sp³-hybridized carbons (Fsp3) is 0.467. The summed E-state index contributed by atoms with van der Waals surface area (Å²) in [5.74, 6) is -0.158. The van der Waals surface area contributed by atoms with E-state index in [1.54, 1.807) is 11.9 Å². The lowest BCUT2D eigenvalue weighted by atomic mass is 10.1. The molecule has 0 saturated carbocycles. The molecule has 110 valence electrons. The third-order valence-electron chi connectivity index (χ3n) is 2.98. The molecule has 1 N–H and O–H groups in total. The van der Waals surface area contributed by atoms with Crippen LogP contribution in [0.25, 0.3) is 0 Å². The SMILES string of the molecule is CN(C(=O)CNC(=O)OCc1ccccc1)C(C)(C)C. The van der Waals surface area contributed by atoms with E-state index in [1.807, 2.05) is 51.1 Å². The van der Waals surface area contributed by atoms with Gasteiger partial charge in [0, 0.05) is 12.6 Å². The third-order valence-corrected chi connectivity index (χ3v) is 2.98. The Morgan fingerprint density at radius 2 is 1.80 bits per heavy atom. The molecule has 20 heavy (non-hydrogen) atoms. The summed E-state index contributed by atoms with van der Waals surface area (Å²) >= 11 is 0. The molecule has 5 nitrogen and oxygen atoms in total. The van der Waals surface area contributed by atoms with Crippen molar-refractivity contribution in [3.63, 3.8) is 0 Å². The van der Waals surface area contributed by atoms with Gasteiger partial charge in [0.05, 0.1) is 0 Å². The molecule has 0 aliphatic carbocycles. The quantitative estimate of drug-likeness (QED) is 0.918. The second-order valence-electron chi connectivity index (χ2n) is 5.54. The van der Waals surface area contributed by atoms with Crippen LogP contribution in [0.5, 0.6) is 0 Å². The summed E-state index contributed by atoms with van der Waals surface area (Å²) in [5, 5.41) is 2.45. The number of benzene rings is 1. The van der Waals surface area contributed by atoms with Crippen molar-refractivity contribution in [2.24, 2.45) is 0 Å². The summed E-state index contributed by atoms with van der Waals surface area (Å²) in [6, 6.07) is 9.37. The Morgan fingerprint density at radius 1 is 1.20 bits per heavy atom. The van der Waals surface area contributed by atoms with E-state index in [9.17, 15) is 9.59 Å². The van der Waals surface area contributed by atoms with Crippen LogP contribution >= 0.6 is 0 Å². The number of alkyl carbamates (subject to hydrolysis) is 1. The molecule has 5 heteroatoms. The van der Waals surface area contributed by atoms with Crippen molar-refractivity contribution in [2.75, 3.05) is 13.6 Å². The largest absolute Gasteiger partial charge is 0.445 e. The molecule has 2 amide bonds. The smallest absolute Gasteiger partial charge is 0.407 e. The zero-order valence-electron chi connectivity index (χ0n) is 12.5. The second-order valence-corrected chi connectivity index (χ2v) is 5.54. The first-order valence-corrected chi connectivity index (χ1v) is 6.52. The van der Waals surface area contributed by atoms with Crippen LogP contribution in [-0.4, -0.2) is 36.0 Å². The molecular weight excluding hydrogens is 256 g/mol. The van der Waals surface area contributed by atoms with Crippen molar-refractivity contribution in [1.82, 2.24) is 10.2 Å². The highest BCUT2D eigenvalue weighted by molar-refractivity contribution is 5.82. The number of nitrogens with one attached hydrogen (secondary N) is 1. The Bertz CT molecular complexity index is 452. The second kappa shape index (κ2) is 6.93. The Balaban J connectivity index is 2.32. The summed E-state index contributed by atoms with van der Waals surface area (Å²) in [6.45, 7) is 5.91. The lowest BCUT2D eigenvalue weighted by molar-refractivity contribution is -0.133. The highest BCUT2D eigenvalue weighted by Gasteiger charge is 2.22. The lowest BCUT2D eigenvalue weighted by Crippen LogP contribution is -2.47. The van der Waals surface area contributed by atoms with Gasteiger partial charge in [-0.15, -0.1) is 0 Å². The van der Waals surface area contributed by atoms with Crippen LogP contribution in [0.4, 0.5) is 4.79 Å². The van der Waals surface area contributed by atoms with Gasteiger partial charge in [0.2, 0.25) is 5.91 Å². The molecule has 0 atom stereocenters. The standard InChI is InChI=1S/C15H22N2O3/c1-15(2,3)17(4)13(18)10-16-14(19)20-11-12-8-6-5-7-9-12/h5-9H,10-11H2,1-4H3,(H,16,19). The van der Waals surface area contributed by atoms with E-state index in [-0.39, 0.29) is 24.6 Å². The maximum absolute atomic E-state index is 11.8. The average molecular weight is 278 g/mol. The van der Waals surface area contributed by atoms with E-state index in [0.29, 0.717) is 0 Å². The van der Waals surface area contributed by atoms with E-state index >= 15 is 0 Å². The summed E-state index contributed by atoms with van der Waals surface area (Å²) in [4.78, 5) is 24.9. The molecule has 0 heterocycles. The van der Waals surface area contributed by atoms with Crippen molar-refractivity contribution in [1.29, 1.82) is 0 Å². The highest BCUT2D eigenvalue weighted by atomic mass is 16.5. The molecule has 0 aliphatic heterocycles. The highest BCUT2D eigenvalue weighted by Crippen LogP contribution is 2.09. The summed E-state index contributed by atoms with van der Waals surface area (Å²) < 4.78 is 5.02. The molecule has 0 radical (unpaired) electrons. The van der Waals surface area contributed by atoms with Gasteiger partial charge in [-0.05, 0) is 26.3 Å². The molecule has 0 bridgehead atoms. The first-order chi connectivity index (χ1) is 9.30. The lowest BCUT2D eigenvalue weighted by Gasteiger charge is -2.32. The predicted molar refractivity (Wildman–Crippen MR) is 77.2 cm³/mol. The Hall–Kier alpha value is -2.04. The molecule has 0 unspecified atom stereocenters. The fourth-order valence-electron chi connectivity index (χ4n) is 1.41. The predicted octanol–water partition coefficient (Wildman–Crippen LogP) is 2.17. The number of hydrogen-bond acceptors (Lipinski definition) is 3. The van der Waals surface area contributed by atoms with E-state index in [0.717, 1.165) is 5.56 Å². The first kappa shape index (κ1) is 16.0. The van der Waals surface area contributed by atoms with Crippen LogP contribution in [0.1, 0.15) is 26.3 Å². The van der Waals surface area contributed by atoms with Gasteiger partial charge in [-0.25, -0.2) is 4.79 Å². The van der Waals surface area contributed by atoms with Gasteiger partial charge in [0.15, 0.2) is 0 Å². The minimum absolute atomic E-state index is 0.0681. The molecule has 0 aliphatic rings. The van der Waals surface area contributed by atoms with Crippen LogP contribution in [-0.2, 0) is 16.1 Å². The molecule has 0 spiro atoms. The number of nitrogens with zero attached hydrogens (tertiary/aromatic N) is 1. The van der Waals surface area contributed by atoms with Gasteiger partial charge in [-0.1, -0.05) is 30.3 Å². The van der Waals surface area contributed by atoms with Crippen molar-refractivity contribution < 1.29 is 14.3 Å². The summed E-state index contributed by atoms with van der Waals surface area (Å²) in [5.41, 5.74) is 0.632. The zero-order chi connectivity index (χ0) is 15.2. The monoisotopic (exact) mass is 278 g/mol. The number of rotatable bonds is 4. The average Bonchev–Trinajstić information content (AvgIpc) is 2.41. The topological polar surface area (TPSA) is 58.6 Å². The van der Waals surface area contributed by atoms with Crippen molar-refractivity contribution in [2.45, 2.75) is 32.9 Å². The van der Waals surface area contributed by atoms with Gasteiger partial charge in [-0.3, -0.25) is 4.79 Å². The van der Waals surface area contributed by atoms with Gasteiger partial charge in [0.25, 0.3) is 0 Å². The van der Waals surface area contributed by atoms with Crippen molar-refractivity contribution in [3.05, 3.63) is 35.9 Å². The molecule has 1 aromatic rings. The van der Waals surface area contributed by atoms with E-state index in [4.69, 9.17) is 4.74 Å². The Morgan fingerprint density at radius 3 is 2.35 bits per heavy atom. The van der Waals surface area contributed by atoms with Crippen LogP contribution in [0.3, 0.4) is 0 Å². The van der Waals surface area contributed by atoms with Crippen LogP contribution in [0, 0.1) is 0 Å². The Labute approximate surface area is 119 Å². The number of carbonyl (C=O) groups is 2. The molecule has 0 fully saturated rings. The van der Waals surface area contributed by atoms with Gasteiger partial charge in [0.1, 0.15) is 13.2 Å². The van der Waals surface area contributed by atoms with Crippen molar-refractivity contribution >= 4 is 12.0 Å². The molecule has 1 aromatic carbocycles. The van der Waals surface area contributed by atoms with Crippen LogP contribution in [0.15, 0.2) is 30.3 Å². The molecule has 0 saturated heterocycles. The van der Waals surface area contributed by atoms with Crippen molar-refractivity contribution in [3.8, 4) is 0 Å². The van der Waals surface area contributed by atoms with Gasteiger partial charge < -0.3 is 15.0 Å². The van der Waals surface area contributed by atoms with E-state index in [1.165, 1.54) is 0 Å². The van der Waals surface area contributed by atoms with Crippen LogP contribution < -0.4 is 5.32 Å². The Kier molecular flexibility index (Phi) is 5.55. The van der Waals surface area contributed by atoms with E-state index in [2.05, 4.69) is 5.32 Å². The molecule has 1 rings (SSSR count). The summed E-state index contributed by atoms with van der Waals surface area (Å²) in [7, 11) is 1.71. The minimum Gasteiger partial charge on any atom is -0.445 e. The number of hydrogen-bond donors (Lipinski definition) is 1.